The molecule has 1 aliphatic rings. The van der Waals surface area contributed by atoms with Gasteiger partial charge < -0.3 is 5.32 Å². The minimum Gasteiger partial charge on any atom is -0.313 e. The number of hydrogen-bond acceptors (Lipinski definition) is 1. The molecule has 1 saturated carbocycles. The highest BCUT2D eigenvalue weighted by atomic mass is 79.9. The third-order valence-electron chi connectivity index (χ3n) is 2.65. The Labute approximate surface area is 91.8 Å². The lowest BCUT2D eigenvalue weighted by atomic mass is 10.0. The molecule has 2 rings (SSSR count). The summed E-state index contributed by atoms with van der Waals surface area (Å²) >= 11 is 3.31. The van der Waals surface area contributed by atoms with Crippen LogP contribution in [0.25, 0.3) is 0 Å². The first-order valence-corrected chi connectivity index (χ1v) is 5.63. The first-order valence-electron chi connectivity index (χ1n) is 4.84. The van der Waals surface area contributed by atoms with Gasteiger partial charge in [-0.3, -0.25) is 0 Å². The van der Waals surface area contributed by atoms with E-state index in [-0.39, 0.29) is 5.82 Å². The molecule has 0 amide bonds. The Kier molecular flexibility index (Phi) is 2.88. The van der Waals surface area contributed by atoms with Gasteiger partial charge in [-0.2, -0.15) is 0 Å². The summed E-state index contributed by atoms with van der Waals surface area (Å²) in [5.74, 6) is 0.518. The van der Waals surface area contributed by atoms with Crippen molar-refractivity contribution in [3.8, 4) is 0 Å². The zero-order chi connectivity index (χ0) is 10.1. The predicted octanol–water partition coefficient (Wildman–Crippen LogP) is 3.26. The molecule has 1 nitrogen and oxygen atoms in total. The van der Waals surface area contributed by atoms with Crippen molar-refractivity contribution >= 4 is 15.9 Å². The maximum Gasteiger partial charge on any atom is 0.124 e. The summed E-state index contributed by atoms with van der Waals surface area (Å²) in [4.78, 5) is 0. The molecule has 0 saturated heterocycles. The van der Waals surface area contributed by atoms with Gasteiger partial charge in [0.25, 0.3) is 0 Å². The predicted molar refractivity (Wildman–Crippen MR) is 58.6 cm³/mol. The van der Waals surface area contributed by atoms with Crippen LogP contribution in [0.15, 0.2) is 22.7 Å². The molecule has 1 aromatic rings. The Balaban J connectivity index is 2.28. The lowest BCUT2D eigenvalue weighted by Gasteiger charge is -2.16. The van der Waals surface area contributed by atoms with Gasteiger partial charge in [-0.1, -0.05) is 15.9 Å². The van der Waals surface area contributed by atoms with Crippen molar-refractivity contribution in [3.05, 3.63) is 34.1 Å². The van der Waals surface area contributed by atoms with E-state index in [1.807, 2.05) is 13.1 Å². The summed E-state index contributed by atoms with van der Waals surface area (Å²) in [5, 5.41) is 3.25. The van der Waals surface area contributed by atoms with Crippen molar-refractivity contribution in [2.45, 2.75) is 18.9 Å². The van der Waals surface area contributed by atoms with Gasteiger partial charge in [-0.15, -0.1) is 0 Å². The molecule has 0 bridgehead atoms. The lowest BCUT2D eigenvalue weighted by Crippen LogP contribution is -2.18. The number of nitrogens with one attached hydrogen (secondary N) is 1. The highest BCUT2D eigenvalue weighted by molar-refractivity contribution is 9.10. The van der Waals surface area contributed by atoms with Crippen LogP contribution in [0.5, 0.6) is 0 Å². The Morgan fingerprint density at radius 2 is 2.14 bits per heavy atom. The second-order valence-electron chi connectivity index (χ2n) is 3.81. The maximum absolute atomic E-state index is 13.2. The van der Waals surface area contributed by atoms with Crippen LogP contribution in [-0.2, 0) is 0 Å². The summed E-state index contributed by atoms with van der Waals surface area (Å²) in [5.41, 5.74) is 1.04. The largest absolute Gasteiger partial charge is 0.313 e. The van der Waals surface area contributed by atoms with E-state index in [0.717, 1.165) is 10.0 Å². The van der Waals surface area contributed by atoms with E-state index in [1.165, 1.54) is 18.9 Å². The highest BCUT2D eigenvalue weighted by Gasteiger charge is 2.31. The third kappa shape index (κ3) is 2.15. The number of benzene rings is 1. The molecule has 1 aliphatic carbocycles. The molecule has 76 valence electrons. The molecule has 3 heteroatoms. The molecule has 1 aromatic carbocycles. The van der Waals surface area contributed by atoms with Gasteiger partial charge in [0.1, 0.15) is 5.82 Å². The molecule has 0 heterocycles. The molecule has 0 spiro atoms. The van der Waals surface area contributed by atoms with Crippen LogP contribution in [0.1, 0.15) is 24.4 Å². The third-order valence-corrected chi connectivity index (χ3v) is 3.11. The minimum absolute atomic E-state index is 0.171. The van der Waals surface area contributed by atoms with Gasteiger partial charge in [0.05, 0.1) is 0 Å². The summed E-state index contributed by atoms with van der Waals surface area (Å²) in [7, 11) is 1.93. The van der Waals surface area contributed by atoms with E-state index in [0.29, 0.717) is 12.0 Å². The quantitative estimate of drug-likeness (QED) is 0.877. The normalized spacial score (nSPS) is 18.2. The van der Waals surface area contributed by atoms with Crippen LogP contribution in [0, 0.1) is 11.7 Å². The molecule has 0 aliphatic heterocycles. The highest BCUT2D eigenvalue weighted by Crippen LogP contribution is 2.41. The summed E-state index contributed by atoms with van der Waals surface area (Å²) in [6.07, 6.45) is 2.50. The van der Waals surface area contributed by atoms with Crippen molar-refractivity contribution in [2.75, 3.05) is 7.05 Å². The SMILES string of the molecule is CNC(c1cc(F)cc(Br)c1)C1CC1. The van der Waals surface area contributed by atoms with Gasteiger partial charge in [-0.25, -0.2) is 4.39 Å². The van der Waals surface area contributed by atoms with E-state index >= 15 is 0 Å². The summed E-state index contributed by atoms with van der Waals surface area (Å²) < 4.78 is 14.0. The molecule has 1 N–H and O–H groups in total. The molecule has 14 heavy (non-hydrogen) atoms. The van der Waals surface area contributed by atoms with Gasteiger partial charge in [0, 0.05) is 10.5 Å². The molecule has 1 atom stereocenters. The number of hydrogen-bond donors (Lipinski definition) is 1. The molecule has 0 aromatic heterocycles. The van der Waals surface area contributed by atoms with Crippen LogP contribution < -0.4 is 5.32 Å². The summed E-state index contributed by atoms with van der Waals surface area (Å²) in [6.45, 7) is 0. The second kappa shape index (κ2) is 3.99. The van der Waals surface area contributed by atoms with Crippen LogP contribution in [0.4, 0.5) is 4.39 Å². The number of rotatable bonds is 3. The van der Waals surface area contributed by atoms with Crippen molar-refractivity contribution in [1.82, 2.24) is 5.32 Å². The van der Waals surface area contributed by atoms with Gasteiger partial charge >= 0.3 is 0 Å². The summed E-state index contributed by atoms with van der Waals surface area (Å²) in [6, 6.07) is 5.40. The van der Waals surface area contributed by atoms with E-state index in [9.17, 15) is 4.39 Å². The van der Waals surface area contributed by atoms with Gasteiger partial charge in [-0.05, 0) is 49.6 Å². The van der Waals surface area contributed by atoms with Gasteiger partial charge in [0.15, 0.2) is 0 Å². The average Bonchev–Trinajstić information content (AvgIpc) is 2.87. The van der Waals surface area contributed by atoms with Crippen LogP contribution >= 0.6 is 15.9 Å². The Morgan fingerprint density at radius 3 is 2.64 bits per heavy atom. The Morgan fingerprint density at radius 1 is 1.43 bits per heavy atom. The van der Waals surface area contributed by atoms with E-state index in [2.05, 4.69) is 21.2 Å². The van der Waals surface area contributed by atoms with E-state index in [4.69, 9.17) is 0 Å². The maximum atomic E-state index is 13.2. The van der Waals surface area contributed by atoms with Crippen LogP contribution in [-0.4, -0.2) is 7.05 Å². The zero-order valence-electron chi connectivity index (χ0n) is 8.06. The molecule has 1 fully saturated rings. The van der Waals surface area contributed by atoms with Crippen molar-refractivity contribution < 1.29 is 4.39 Å². The van der Waals surface area contributed by atoms with E-state index < -0.39 is 0 Å². The fraction of sp³-hybridized carbons (Fsp3) is 0.455. The van der Waals surface area contributed by atoms with E-state index in [1.54, 1.807) is 6.07 Å². The second-order valence-corrected chi connectivity index (χ2v) is 4.72. The Hall–Kier alpha value is -0.410. The number of halogens is 2. The fourth-order valence-corrected chi connectivity index (χ4v) is 2.34. The van der Waals surface area contributed by atoms with Crippen molar-refractivity contribution in [1.29, 1.82) is 0 Å². The van der Waals surface area contributed by atoms with Crippen LogP contribution in [0.2, 0.25) is 0 Å². The average molecular weight is 258 g/mol. The Bertz CT molecular complexity index is 316. The first kappa shape index (κ1) is 10.1. The smallest absolute Gasteiger partial charge is 0.124 e. The standard InChI is InChI=1S/C11H13BrFN/c1-14-11(7-2-3-7)8-4-9(12)6-10(13)5-8/h4-7,11,14H,2-3H2,1H3. The molecule has 1 unspecified atom stereocenters. The molecular formula is C11H13BrFN. The monoisotopic (exact) mass is 257 g/mol. The zero-order valence-corrected chi connectivity index (χ0v) is 9.64. The van der Waals surface area contributed by atoms with Crippen molar-refractivity contribution in [3.63, 3.8) is 0 Å². The van der Waals surface area contributed by atoms with Crippen molar-refractivity contribution in [2.24, 2.45) is 5.92 Å². The minimum atomic E-state index is -0.171. The lowest BCUT2D eigenvalue weighted by molar-refractivity contribution is 0.522. The first-order chi connectivity index (χ1) is 6.70. The topological polar surface area (TPSA) is 12.0 Å². The fourth-order valence-electron chi connectivity index (χ4n) is 1.86. The molecular weight excluding hydrogens is 245 g/mol. The van der Waals surface area contributed by atoms with Crippen LogP contribution in [0.3, 0.4) is 0 Å². The molecule has 0 radical (unpaired) electrons. The van der Waals surface area contributed by atoms with Gasteiger partial charge in [0.2, 0.25) is 0 Å².